The third-order valence-corrected chi connectivity index (χ3v) is 4.01. The highest BCUT2D eigenvalue weighted by Crippen LogP contribution is 2.34. The van der Waals surface area contributed by atoms with Crippen molar-refractivity contribution in [2.24, 2.45) is 11.7 Å². The first-order chi connectivity index (χ1) is 11.4. The molecule has 2 atom stereocenters. The Kier molecular flexibility index (Phi) is 8.23. The van der Waals surface area contributed by atoms with E-state index in [0.29, 0.717) is 16.5 Å². The fraction of sp³-hybridized carbons (Fsp3) is 0.316. The molecular weight excluding hydrogens is 359 g/mol. The van der Waals surface area contributed by atoms with Crippen molar-refractivity contribution in [2.75, 3.05) is 5.32 Å². The van der Waals surface area contributed by atoms with Gasteiger partial charge in [-0.2, -0.15) is 0 Å². The molecule has 2 rings (SSSR count). The molecule has 0 bridgehead atoms. The van der Waals surface area contributed by atoms with Crippen LogP contribution >= 0.6 is 24.0 Å². The van der Waals surface area contributed by atoms with Crippen molar-refractivity contribution in [3.63, 3.8) is 0 Å². The van der Waals surface area contributed by atoms with Gasteiger partial charge in [0.15, 0.2) is 5.75 Å². The minimum Gasteiger partial charge on any atom is -0.487 e. The number of amides is 1. The molecule has 0 aliphatic rings. The Balaban J connectivity index is 0.00000312. The van der Waals surface area contributed by atoms with E-state index in [0.717, 1.165) is 5.56 Å². The first kappa shape index (κ1) is 21.3. The zero-order chi connectivity index (χ0) is 17.7. The molecular formula is C19H24Cl2N2O2. The molecule has 0 heterocycles. The number of para-hydroxylation sites is 1. The van der Waals surface area contributed by atoms with Crippen LogP contribution in [-0.4, -0.2) is 12.0 Å². The monoisotopic (exact) mass is 382 g/mol. The van der Waals surface area contributed by atoms with Crippen LogP contribution in [0.25, 0.3) is 0 Å². The van der Waals surface area contributed by atoms with Crippen molar-refractivity contribution < 1.29 is 9.53 Å². The molecule has 4 nitrogen and oxygen atoms in total. The lowest BCUT2D eigenvalue weighted by atomic mass is 9.94. The normalized spacial score (nSPS) is 12.9. The van der Waals surface area contributed by atoms with Crippen molar-refractivity contribution in [3.05, 3.63) is 59.1 Å². The molecule has 136 valence electrons. The summed E-state index contributed by atoms with van der Waals surface area (Å²) in [6.07, 6.45) is -0.0513. The van der Waals surface area contributed by atoms with E-state index in [4.69, 9.17) is 22.1 Å². The van der Waals surface area contributed by atoms with Crippen LogP contribution in [0.15, 0.2) is 48.5 Å². The van der Waals surface area contributed by atoms with Crippen LogP contribution in [0, 0.1) is 5.92 Å². The van der Waals surface area contributed by atoms with Crippen molar-refractivity contribution in [3.8, 4) is 5.75 Å². The third kappa shape index (κ3) is 5.63. The van der Waals surface area contributed by atoms with Crippen LogP contribution in [0.4, 0.5) is 5.69 Å². The molecule has 0 aliphatic carbocycles. The highest BCUT2D eigenvalue weighted by molar-refractivity contribution is 6.32. The molecule has 2 aromatic carbocycles. The summed E-state index contributed by atoms with van der Waals surface area (Å²) in [4.78, 5) is 12.6. The van der Waals surface area contributed by atoms with E-state index in [1.807, 2.05) is 44.2 Å². The van der Waals surface area contributed by atoms with Crippen molar-refractivity contribution in [2.45, 2.75) is 32.9 Å². The van der Waals surface area contributed by atoms with Crippen molar-refractivity contribution >= 4 is 35.6 Å². The predicted octanol–water partition coefficient (Wildman–Crippen LogP) is 4.82. The van der Waals surface area contributed by atoms with Gasteiger partial charge in [-0.3, -0.25) is 4.79 Å². The Labute approximate surface area is 160 Å². The summed E-state index contributed by atoms with van der Waals surface area (Å²) in [7, 11) is 0. The number of ether oxygens (including phenoxy) is 1. The molecule has 2 unspecified atom stereocenters. The first-order valence-electron chi connectivity index (χ1n) is 7.96. The van der Waals surface area contributed by atoms with Gasteiger partial charge in [0.05, 0.1) is 22.7 Å². The number of carbonyl (C=O) groups excluding carboxylic acids is 1. The Morgan fingerprint density at radius 1 is 1.08 bits per heavy atom. The number of halogens is 2. The molecule has 0 aromatic heterocycles. The summed E-state index contributed by atoms with van der Waals surface area (Å²) in [5, 5.41) is 3.34. The SMILES string of the molecule is CC(C)Oc1c(Cl)cccc1NC(=O)C(C)C(N)c1ccccc1.Cl. The standard InChI is InChI=1S/C19H23ClN2O2.ClH/c1-12(2)24-18-15(20)10-7-11-16(18)22-19(23)13(3)17(21)14-8-5-4-6-9-14;/h4-13,17H,21H2,1-3H3,(H,22,23);1H. The molecule has 25 heavy (non-hydrogen) atoms. The minimum absolute atomic E-state index is 0. The molecule has 6 heteroatoms. The molecule has 0 saturated carbocycles. The van der Waals surface area contributed by atoms with E-state index in [-0.39, 0.29) is 30.5 Å². The summed E-state index contributed by atoms with van der Waals surface area (Å²) in [6, 6.07) is 14.4. The molecule has 3 N–H and O–H groups in total. The number of carbonyl (C=O) groups is 1. The summed E-state index contributed by atoms with van der Waals surface area (Å²) in [6.45, 7) is 5.62. The molecule has 2 aromatic rings. The number of anilines is 1. The number of benzene rings is 2. The summed E-state index contributed by atoms with van der Waals surface area (Å²) in [5.41, 5.74) is 7.69. The van der Waals surface area contributed by atoms with E-state index >= 15 is 0 Å². The maximum Gasteiger partial charge on any atom is 0.229 e. The van der Waals surface area contributed by atoms with E-state index in [1.165, 1.54) is 0 Å². The van der Waals surface area contributed by atoms with Crippen LogP contribution in [0.2, 0.25) is 5.02 Å². The second-order valence-corrected chi connectivity index (χ2v) is 6.40. The maximum absolute atomic E-state index is 12.6. The van der Waals surface area contributed by atoms with Gasteiger partial charge >= 0.3 is 0 Å². The Bertz CT molecular complexity index is 693. The summed E-state index contributed by atoms with van der Waals surface area (Å²) >= 11 is 6.19. The lowest BCUT2D eigenvalue weighted by Gasteiger charge is -2.21. The maximum atomic E-state index is 12.6. The summed E-state index contributed by atoms with van der Waals surface area (Å²) < 4.78 is 5.72. The molecule has 0 spiro atoms. The Morgan fingerprint density at radius 3 is 2.32 bits per heavy atom. The number of hydrogen-bond donors (Lipinski definition) is 2. The van der Waals surface area contributed by atoms with Gasteiger partial charge in [-0.1, -0.05) is 54.9 Å². The number of nitrogens with two attached hydrogens (primary N) is 1. The topological polar surface area (TPSA) is 64.3 Å². The molecule has 0 fully saturated rings. The average molecular weight is 383 g/mol. The largest absolute Gasteiger partial charge is 0.487 e. The molecule has 0 saturated heterocycles. The Morgan fingerprint density at radius 2 is 1.72 bits per heavy atom. The van der Waals surface area contributed by atoms with Gasteiger partial charge in [0, 0.05) is 6.04 Å². The summed E-state index contributed by atoms with van der Waals surface area (Å²) in [5.74, 6) is -0.108. The highest BCUT2D eigenvalue weighted by Gasteiger charge is 2.23. The van der Waals surface area contributed by atoms with Gasteiger partial charge in [0.25, 0.3) is 0 Å². The van der Waals surface area contributed by atoms with E-state index in [9.17, 15) is 4.79 Å². The van der Waals surface area contributed by atoms with E-state index in [2.05, 4.69) is 5.32 Å². The van der Waals surface area contributed by atoms with Gasteiger partial charge in [-0.25, -0.2) is 0 Å². The number of hydrogen-bond acceptors (Lipinski definition) is 3. The van der Waals surface area contributed by atoms with Crippen LogP contribution < -0.4 is 15.8 Å². The second kappa shape index (κ2) is 9.66. The van der Waals surface area contributed by atoms with E-state index in [1.54, 1.807) is 25.1 Å². The van der Waals surface area contributed by atoms with Crippen molar-refractivity contribution in [1.82, 2.24) is 0 Å². The highest BCUT2D eigenvalue weighted by atomic mass is 35.5. The number of nitrogens with one attached hydrogen (secondary N) is 1. The van der Waals surface area contributed by atoms with Crippen LogP contribution in [0.1, 0.15) is 32.4 Å². The lowest BCUT2D eigenvalue weighted by Crippen LogP contribution is -2.30. The average Bonchev–Trinajstić information content (AvgIpc) is 2.57. The fourth-order valence-electron chi connectivity index (χ4n) is 2.34. The van der Waals surface area contributed by atoms with Crippen molar-refractivity contribution in [1.29, 1.82) is 0 Å². The minimum atomic E-state index is -0.404. The zero-order valence-electron chi connectivity index (χ0n) is 14.5. The third-order valence-electron chi connectivity index (χ3n) is 3.72. The van der Waals surface area contributed by atoms with E-state index < -0.39 is 5.92 Å². The lowest BCUT2D eigenvalue weighted by molar-refractivity contribution is -0.120. The van der Waals surface area contributed by atoms with Crippen LogP contribution in [0.3, 0.4) is 0 Å². The van der Waals surface area contributed by atoms with Gasteiger partial charge in [0.2, 0.25) is 5.91 Å². The van der Waals surface area contributed by atoms with Gasteiger partial charge in [-0.15, -0.1) is 12.4 Å². The Hall–Kier alpha value is -1.75. The van der Waals surface area contributed by atoms with Gasteiger partial charge in [-0.05, 0) is 31.5 Å². The first-order valence-corrected chi connectivity index (χ1v) is 8.34. The molecule has 0 aliphatic heterocycles. The molecule has 1 amide bonds. The smallest absolute Gasteiger partial charge is 0.229 e. The number of rotatable bonds is 6. The molecule has 0 radical (unpaired) electrons. The van der Waals surface area contributed by atoms with Gasteiger partial charge in [0.1, 0.15) is 0 Å². The predicted molar refractivity (Wildman–Crippen MR) is 106 cm³/mol. The van der Waals surface area contributed by atoms with Crippen LogP contribution in [-0.2, 0) is 4.79 Å². The fourth-order valence-corrected chi connectivity index (χ4v) is 2.56. The quantitative estimate of drug-likeness (QED) is 0.752. The van der Waals surface area contributed by atoms with Crippen LogP contribution in [0.5, 0.6) is 5.75 Å². The van der Waals surface area contributed by atoms with Gasteiger partial charge < -0.3 is 15.8 Å². The zero-order valence-corrected chi connectivity index (χ0v) is 16.1. The second-order valence-electron chi connectivity index (χ2n) is 6.00.